The van der Waals surface area contributed by atoms with Gasteiger partial charge in [0.05, 0.1) is 33.0 Å². The molecule has 0 saturated heterocycles. The van der Waals surface area contributed by atoms with E-state index in [1.54, 1.807) is 0 Å². The van der Waals surface area contributed by atoms with Crippen LogP contribution in [0, 0.1) is 49.2 Å². The van der Waals surface area contributed by atoms with Crippen molar-refractivity contribution in [3.63, 3.8) is 0 Å². The molecule has 0 bridgehead atoms. The Hall–Kier alpha value is -6.09. The van der Waals surface area contributed by atoms with Gasteiger partial charge in [0.15, 0.2) is 22.7 Å². The van der Waals surface area contributed by atoms with E-state index in [0.717, 1.165) is 63.1 Å². The molecule has 30 heteroatoms. The van der Waals surface area contributed by atoms with Crippen LogP contribution >= 0.6 is 0 Å². The molecule has 0 spiro atoms. The zero-order valence-electron chi connectivity index (χ0n) is 72.5. The lowest BCUT2D eigenvalue weighted by molar-refractivity contribution is -0.150. The van der Waals surface area contributed by atoms with Crippen molar-refractivity contribution in [2.45, 2.75) is 313 Å². The number of esters is 6. The van der Waals surface area contributed by atoms with E-state index in [1.807, 2.05) is 0 Å². The summed E-state index contributed by atoms with van der Waals surface area (Å²) in [5.41, 5.74) is -1.73. The summed E-state index contributed by atoms with van der Waals surface area (Å²) in [5, 5.41) is 12.1. The molecule has 9 atom stereocenters. The molecular formula is C83H146N4O23Si3. The first-order valence-electron chi connectivity index (χ1n) is 41.3. The Labute approximate surface area is 678 Å². The first-order chi connectivity index (χ1) is 52.3. The second-order valence-electron chi connectivity index (χ2n) is 39.4. The predicted molar refractivity (Wildman–Crippen MR) is 437 cm³/mol. The Morgan fingerprint density at radius 2 is 0.752 bits per heavy atom. The molecule has 648 valence electrons. The molecule has 0 aliphatic heterocycles. The molecule has 0 aromatic carbocycles. The zero-order chi connectivity index (χ0) is 84.8. The van der Waals surface area contributed by atoms with Gasteiger partial charge >= 0.3 is 68.7 Å². The highest BCUT2D eigenvalue weighted by atomic mass is 28.5. The van der Waals surface area contributed by atoms with Crippen LogP contribution in [0.25, 0.3) is 0 Å². The second-order valence-corrected chi connectivity index (χ2v) is 52.2. The fraction of sp³-hybridized carbons (Fsp3) is 0.831. The van der Waals surface area contributed by atoms with E-state index in [-0.39, 0.29) is 171 Å². The van der Waals surface area contributed by atoms with Crippen LogP contribution < -0.4 is 21.3 Å². The molecule has 4 rings (SSSR count). The van der Waals surface area contributed by atoms with Crippen LogP contribution in [0.2, 0.25) is 51.9 Å². The first kappa shape index (κ1) is 99.3. The number of carbonyl (C=O) groups is 10. The highest BCUT2D eigenvalue weighted by Gasteiger charge is 2.47. The summed E-state index contributed by atoms with van der Waals surface area (Å²) in [6.07, 6.45) is 12.7. The topological polar surface area (TPSA) is 339 Å². The SMILES string of the molecule is C=CC(=O)OCCOC(=O)CCC1(C)CC(NC(=O)OC(COCCC[Si](C)(O[Si](C)(C)C)O[Si](C)(C)C)COC(=O)CCC2(C)CC(NC(=O)OCCCCOC(=O)CCC3(C)CC(NC(=O)OCCCCOC(=O)CC4CC(C)(C)CC(C)(CNC(=O)OCCOC(=O)C=C)C4)CC(C)(C)C3)CC(C)(C)C2)CC(C)(C)C1. The highest BCUT2D eigenvalue weighted by Crippen LogP contribution is 2.52. The van der Waals surface area contributed by atoms with E-state index in [2.05, 4.69) is 163 Å². The van der Waals surface area contributed by atoms with Gasteiger partial charge in [-0.1, -0.05) is 96.2 Å². The molecule has 0 aromatic rings. The lowest BCUT2D eigenvalue weighted by Crippen LogP contribution is -2.52. The third kappa shape index (κ3) is 42.6. The molecule has 113 heavy (non-hydrogen) atoms. The summed E-state index contributed by atoms with van der Waals surface area (Å²) < 4.78 is 74.2. The number of amides is 4. The average molecular weight is 1650 g/mol. The van der Waals surface area contributed by atoms with Crippen LogP contribution in [0.4, 0.5) is 19.2 Å². The standard InChI is InChI=1S/C83H146N4O23Si3/c1-22-66(88)101-40-41-103-69(91)30-33-81(12)53-64(50-79(9,10)58-81)87-75(97)108-65(54-98-35-28-44-113(21,109-111(15,16)17)110-112(18,19)20)55-107-70(92)31-34-82(13)52-63(49-78(7,8)57-82)86-73(95)104-38-26-24-36-99-68(90)29-32-80(11)51-62(48-77(5,6)56-80)85-74(96)105-39-27-25-37-100-71(93)45-61-46-76(3,4)59-83(14,47-61)60-84-72(94)106-43-42-102-67(89)23-2/h22-23,61-65H,1-2,24-60H2,3-21H3,(H,84,94)(H,85,96)(H,86,95)(H,87,97). The molecular weight excluding hydrogens is 1510 g/mol. The van der Waals surface area contributed by atoms with Gasteiger partial charge in [-0.3, -0.25) is 19.2 Å². The van der Waals surface area contributed by atoms with Crippen LogP contribution in [0.3, 0.4) is 0 Å². The largest absolute Gasteiger partial charge is 0.466 e. The fourth-order valence-corrected chi connectivity index (χ4v) is 31.5. The number of hydrogen-bond donors (Lipinski definition) is 4. The number of carbonyl (C=O) groups excluding carboxylic acids is 10. The summed E-state index contributed by atoms with van der Waals surface area (Å²) in [5.74, 6) is -2.59. The summed E-state index contributed by atoms with van der Waals surface area (Å²) in [4.78, 5) is 128. The number of rotatable bonds is 47. The van der Waals surface area contributed by atoms with Crippen LogP contribution in [-0.2, 0) is 89.1 Å². The van der Waals surface area contributed by atoms with Crippen molar-refractivity contribution < 1.29 is 108 Å². The molecule has 4 N–H and O–H groups in total. The molecule has 0 heterocycles. The van der Waals surface area contributed by atoms with Gasteiger partial charge in [0.1, 0.15) is 33.0 Å². The smallest absolute Gasteiger partial charge is 0.407 e. The summed E-state index contributed by atoms with van der Waals surface area (Å²) in [6, 6.07) is 0.0591. The first-order valence-corrected chi connectivity index (χ1v) is 50.6. The molecule has 9 unspecified atom stereocenters. The van der Waals surface area contributed by atoms with Crippen LogP contribution in [0.15, 0.2) is 25.3 Å². The highest BCUT2D eigenvalue weighted by molar-refractivity contribution is 6.87. The third-order valence-corrected chi connectivity index (χ3v) is 30.9. The lowest BCUT2D eigenvalue weighted by atomic mass is 9.60. The maximum Gasteiger partial charge on any atom is 0.407 e. The van der Waals surface area contributed by atoms with Gasteiger partial charge in [-0.05, 0) is 230 Å². The fourth-order valence-electron chi connectivity index (χ4n) is 19.0. The third-order valence-electron chi connectivity index (χ3n) is 21.3. The van der Waals surface area contributed by atoms with Gasteiger partial charge in [-0.25, -0.2) is 28.8 Å². The van der Waals surface area contributed by atoms with Crippen molar-refractivity contribution in [1.82, 2.24) is 21.3 Å². The zero-order valence-corrected chi connectivity index (χ0v) is 75.5. The Bertz CT molecular complexity index is 3100. The molecule has 4 amide bonds. The van der Waals surface area contributed by atoms with E-state index in [0.29, 0.717) is 96.6 Å². The predicted octanol–water partition coefficient (Wildman–Crippen LogP) is 16.0. The van der Waals surface area contributed by atoms with Gasteiger partial charge in [0.2, 0.25) is 0 Å². The van der Waals surface area contributed by atoms with Gasteiger partial charge in [-0.15, -0.1) is 0 Å². The quantitative estimate of drug-likeness (QED) is 0.0145. The van der Waals surface area contributed by atoms with Crippen LogP contribution in [-0.4, -0.2) is 189 Å². The van der Waals surface area contributed by atoms with Crippen molar-refractivity contribution in [1.29, 1.82) is 0 Å². The Balaban J connectivity index is 1.17. The normalized spacial score (nSPS) is 24.7. The minimum Gasteiger partial charge on any atom is -0.466 e. The van der Waals surface area contributed by atoms with Gasteiger partial charge in [0, 0.05) is 69.1 Å². The molecule has 4 saturated carbocycles. The van der Waals surface area contributed by atoms with E-state index < -0.39 is 79.5 Å². The Morgan fingerprint density at radius 1 is 0.389 bits per heavy atom. The maximum absolute atomic E-state index is 13.9. The van der Waals surface area contributed by atoms with Crippen molar-refractivity contribution in [3.8, 4) is 0 Å². The molecule has 4 fully saturated rings. The monoisotopic (exact) mass is 1650 g/mol. The number of alkyl carbamates (subject to hydrolysis) is 4. The minimum atomic E-state index is -2.55. The van der Waals surface area contributed by atoms with Crippen molar-refractivity contribution in [2.24, 2.45) is 49.2 Å². The summed E-state index contributed by atoms with van der Waals surface area (Å²) in [7, 11) is -6.42. The van der Waals surface area contributed by atoms with Crippen molar-refractivity contribution in [3.05, 3.63) is 25.3 Å². The van der Waals surface area contributed by atoms with E-state index >= 15 is 0 Å². The molecule has 0 radical (unpaired) electrons. The van der Waals surface area contributed by atoms with Crippen molar-refractivity contribution in [2.75, 3.05) is 79.2 Å². The van der Waals surface area contributed by atoms with Gasteiger partial charge in [-0.2, -0.15) is 0 Å². The summed E-state index contributed by atoms with van der Waals surface area (Å²) >= 11 is 0. The van der Waals surface area contributed by atoms with Gasteiger partial charge < -0.3 is 81.6 Å². The lowest BCUT2D eigenvalue weighted by Gasteiger charge is -2.47. The molecule has 27 nitrogen and oxygen atoms in total. The van der Waals surface area contributed by atoms with Gasteiger partial charge in [0.25, 0.3) is 0 Å². The minimum absolute atomic E-state index is 0.0225. The summed E-state index contributed by atoms with van der Waals surface area (Å²) in [6.45, 7) is 48.3. The number of ether oxygens (including phenoxy) is 11. The van der Waals surface area contributed by atoms with E-state index in [4.69, 9.17) is 60.3 Å². The molecule has 4 aliphatic rings. The number of hydrogen-bond acceptors (Lipinski definition) is 23. The molecule has 0 aromatic heterocycles. The Morgan fingerprint density at radius 3 is 1.19 bits per heavy atom. The van der Waals surface area contributed by atoms with E-state index in [1.165, 1.54) is 0 Å². The maximum atomic E-state index is 13.9. The second kappa shape index (κ2) is 45.0. The van der Waals surface area contributed by atoms with Crippen LogP contribution in [0.1, 0.15) is 237 Å². The average Bonchev–Trinajstić information content (AvgIpc) is 0.812. The van der Waals surface area contributed by atoms with E-state index in [9.17, 15) is 47.9 Å². The van der Waals surface area contributed by atoms with Crippen LogP contribution in [0.5, 0.6) is 0 Å². The molecule has 4 aliphatic carbocycles. The number of unbranched alkanes of at least 4 members (excludes halogenated alkanes) is 2. The Kier molecular flexibility index (Phi) is 39.6. The number of nitrogens with one attached hydrogen (secondary N) is 4. The van der Waals surface area contributed by atoms with Crippen molar-refractivity contribution >= 4 is 85.4 Å².